The summed E-state index contributed by atoms with van der Waals surface area (Å²) in [5.74, 6) is -1.33. The molecule has 124 valence electrons. The summed E-state index contributed by atoms with van der Waals surface area (Å²) in [5.41, 5.74) is 0.567. The number of fused-ring (bicyclic) bond motifs is 1. The lowest BCUT2D eigenvalue weighted by molar-refractivity contribution is -0.142. The van der Waals surface area contributed by atoms with Gasteiger partial charge in [0.15, 0.2) is 0 Å². The number of sulfonamides is 1. The summed E-state index contributed by atoms with van der Waals surface area (Å²) in [6, 6.07) is 4.27. The maximum atomic E-state index is 12.7. The number of rotatable bonds is 3. The van der Waals surface area contributed by atoms with Crippen molar-refractivity contribution in [3.05, 3.63) is 23.8 Å². The van der Waals surface area contributed by atoms with Crippen LogP contribution in [0.25, 0.3) is 0 Å². The van der Waals surface area contributed by atoms with Gasteiger partial charge in [0.2, 0.25) is 10.0 Å². The third kappa shape index (κ3) is 3.02. The number of hydrogen-bond acceptors (Lipinski definition) is 5. The number of carboxylic acids is 1. The molecule has 0 aromatic heterocycles. The Labute approximate surface area is 133 Å². The molecule has 1 fully saturated rings. The van der Waals surface area contributed by atoms with E-state index in [1.54, 1.807) is 0 Å². The zero-order valence-corrected chi connectivity index (χ0v) is 13.0. The quantitative estimate of drug-likeness (QED) is 0.840. The van der Waals surface area contributed by atoms with E-state index in [9.17, 15) is 18.0 Å². The number of benzene rings is 1. The molecule has 3 rings (SSSR count). The normalized spacial score (nSPS) is 21.9. The monoisotopic (exact) mass is 340 g/mol. The van der Waals surface area contributed by atoms with Crippen molar-refractivity contribution in [2.75, 3.05) is 13.1 Å². The van der Waals surface area contributed by atoms with E-state index in [4.69, 9.17) is 9.84 Å². The first-order valence-corrected chi connectivity index (χ1v) is 8.63. The van der Waals surface area contributed by atoms with Crippen LogP contribution in [0, 0.1) is 5.92 Å². The largest absolute Gasteiger partial charge is 0.481 e. The number of piperidine rings is 1. The van der Waals surface area contributed by atoms with E-state index >= 15 is 0 Å². The highest BCUT2D eigenvalue weighted by Crippen LogP contribution is 2.29. The first-order chi connectivity index (χ1) is 10.9. The molecule has 2 N–H and O–H groups in total. The van der Waals surface area contributed by atoms with Gasteiger partial charge >= 0.3 is 12.1 Å². The molecule has 8 nitrogen and oxygen atoms in total. The molecule has 1 saturated heterocycles. The van der Waals surface area contributed by atoms with Crippen molar-refractivity contribution >= 4 is 22.1 Å². The van der Waals surface area contributed by atoms with E-state index < -0.39 is 28.0 Å². The lowest BCUT2D eigenvalue weighted by Crippen LogP contribution is -2.42. The van der Waals surface area contributed by atoms with Crippen LogP contribution in [0.1, 0.15) is 18.4 Å². The summed E-state index contributed by atoms with van der Waals surface area (Å²) < 4.78 is 31.6. The molecular weight excluding hydrogens is 324 g/mol. The Hall–Kier alpha value is -2.13. The third-order valence-corrected chi connectivity index (χ3v) is 5.89. The molecule has 23 heavy (non-hydrogen) atoms. The first-order valence-electron chi connectivity index (χ1n) is 7.19. The minimum absolute atomic E-state index is 0.0258. The van der Waals surface area contributed by atoms with E-state index in [1.165, 1.54) is 22.5 Å². The Balaban J connectivity index is 1.88. The molecule has 0 radical (unpaired) electrons. The van der Waals surface area contributed by atoms with Crippen molar-refractivity contribution in [2.24, 2.45) is 5.92 Å². The van der Waals surface area contributed by atoms with E-state index in [2.05, 4.69) is 5.32 Å². The van der Waals surface area contributed by atoms with E-state index in [0.717, 1.165) is 0 Å². The molecule has 2 aliphatic heterocycles. The number of nitrogens with one attached hydrogen (secondary N) is 1. The Bertz CT molecular complexity index is 761. The van der Waals surface area contributed by atoms with E-state index in [1.807, 2.05) is 0 Å². The van der Waals surface area contributed by atoms with Gasteiger partial charge in [-0.15, -0.1) is 0 Å². The van der Waals surface area contributed by atoms with Crippen LogP contribution in [-0.2, 0) is 21.4 Å². The number of ether oxygens (including phenoxy) is 1. The molecule has 0 spiro atoms. The molecule has 1 amide bonds. The van der Waals surface area contributed by atoms with Crippen molar-refractivity contribution < 1.29 is 27.9 Å². The van der Waals surface area contributed by atoms with Crippen LogP contribution in [-0.4, -0.2) is 43.0 Å². The number of aliphatic carboxylic acids is 1. The van der Waals surface area contributed by atoms with Crippen molar-refractivity contribution in [3.8, 4) is 5.75 Å². The van der Waals surface area contributed by atoms with Crippen LogP contribution in [0.5, 0.6) is 5.75 Å². The molecule has 9 heteroatoms. The molecule has 1 aromatic rings. The molecule has 1 aromatic carbocycles. The summed E-state index contributed by atoms with van der Waals surface area (Å²) in [6.45, 7) is 0.466. The van der Waals surface area contributed by atoms with Crippen LogP contribution < -0.4 is 10.1 Å². The average molecular weight is 340 g/mol. The molecule has 2 heterocycles. The number of carbonyl (C=O) groups excluding carboxylic acids is 1. The number of nitrogens with zero attached hydrogens (tertiary/aromatic N) is 1. The fourth-order valence-corrected chi connectivity index (χ4v) is 4.34. The van der Waals surface area contributed by atoms with Gasteiger partial charge in [0, 0.05) is 25.2 Å². The summed E-state index contributed by atoms with van der Waals surface area (Å²) in [7, 11) is -3.77. The predicted molar refractivity (Wildman–Crippen MR) is 78.4 cm³/mol. The maximum absolute atomic E-state index is 12.7. The Morgan fingerprint density at radius 3 is 2.91 bits per heavy atom. The molecular formula is C14H16N2O6S. The van der Waals surface area contributed by atoms with E-state index in [-0.39, 0.29) is 18.0 Å². The Morgan fingerprint density at radius 2 is 2.17 bits per heavy atom. The highest BCUT2D eigenvalue weighted by Gasteiger charge is 2.33. The number of amides is 1. The van der Waals surface area contributed by atoms with Gasteiger partial charge in [0.05, 0.1) is 10.8 Å². The van der Waals surface area contributed by atoms with Gasteiger partial charge in [0.1, 0.15) is 5.75 Å². The standard InChI is InChI=1S/C14H16N2O6S/c17-13(18)9-2-1-5-16(8-9)23(20,21)11-3-4-12-10(6-11)7-15-14(19)22-12/h3-4,6,9H,1-2,5,7-8H2,(H,15,19)(H,17,18). The maximum Gasteiger partial charge on any atom is 0.412 e. The fraction of sp³-hybridized carbons (Fsp3) is 0.429. The third-order valence-electron chi connectivity index (χ3n) is 4.03. The molecule has 1 unspecified atom stereocenters. The topological polar surface area (TPSA) is 113 Å². The summed E-state index contributed by atoms with van der Waals surface area (Å²) >= 11 is 0. The fourth-order valence-electron chi connectivity index (χ4n) is 2.77. The van der Waals surface area contributed by atoms with Gasteiger partial charge in [-0.25, -0.2) is 13.2 Å². The van der Waals surface area contributed by atoms with Crippen molar-refractivity contribution in [2.45, 2.75) is 24.3 Å². The lowest BCUT2D eigenvalue weighted by atomic mass is 10.0. The smallest absolute Gasteiger partial charge is 0.412 e. The molecule has 2 aliphatic rings. The first kappa shape index (κ1) is 15.8. The zero-order chi connectivity index (χ0) is 16.6. The van der Waals surface area contributed by atoms with Gasteiger partial charge in [-0.1, -0.05) is 0 Å². The summed E-state index contributed by atoms with van der Waals surface area (Å²) in [6.07, 6.45) is 0.416. The van der Waals surface area contributed by atoms with Gasteiger partial charge in [-0.2, -0.15) is 4.31 Å². The molecule has 0 aliphatic carbocycles. The minimum Gasteiger partial charge on any atom is -0.481 e. The van der Waals surface area contributed by atoms with Crippen LogP contribution in [0.4, 0.5) is 4.79 Å². The summed E-state index contributed by atoms with van der Waals surface area (Å²) in [4.78, 5) is 22.3. The summed E-state index contributed by atoms with van der Waals surface area (Å²) in [5, 5.41) is 11.6. The highest BCUT2D eigenvalue weighted by atomic mass is 32.2. The minimum atomic E-state index is -3.77. The predicted octanol–water partition coefficient (Wildman–Crippen LogP) is 0.774. The molecule has 1 atom stereocenters. The number of hydrogen-bond donors (Lipinski definition) is 2. The van der Waals surface area contributed by atoms with Crippen LogP contribution in [0.15, 0.2) is 23.1 Å². The second-order valence-electron chi connectivity index (χ2n) is 5.55. The Kier molecular flexibility index (Phi) is 3.99. The van der Waals surface area contributed by atoms with Gasteiger partial charge in [-0.3, -0.25) is 4.79 Å². The zero-order valence-electron chi connectivity index (χ0n) is 12.2. The van der Waals surface area contributed by atoms with Gasteiger partial charge in [0.25, 0.3) is 0 Å². The van der Waals surface area contributed by atoms with Crippen molar-refractivity contribution in [3.63, 3.8) is 0 Å². The van der Waals surface area contributed by atoms with Crippen LogP contribution in [0.3, 0.4) is 0 Å². The Morgan fingerprint density at radius 1 is 1.39 bits per heavy atom. The number of carboxylic acid groups (broad SMARTS) is 1. The lowest BCUT2D eigenvalue weighted by Gasteiger charge is -2.30. The van der Waals surface area contributed by atoms with Crippen molar-refractivity contribution in [1.29, 1.82) is 0 Å². The van der Waals surface area contributed by atoms with Crippen LogP contribution >= 0.6 is 0 Å². The van der Waals surface area contributed by atoms with Gasteiger partial charge < -0.3 is 15.2 Å². The SMILES string of the molecule is O=C1NCc2cc(S(=O)(=O)N3CCCC(C(=O)O)C3)ccc2O1. The average Bonchev–Trinajstić information content (AvgIpc) is 2.54. The second kappa shape index (κ2) is 5.82. The van der Waals surface area contributed by atoms with Gasteiger partial charge in [-0.05, 0) is 31.0 Å². The van der Waals surface area contributed by atoms with Crippen molar-refractivity contribution in [1.82, 2.24) is 9.62 Å². The van der Waals surface area contributed by atoms with E-state index in [0.29, 0.717) is 30.7 Å². The highest BCUT2D eigenvalue weighted by molar-refractivity contribution is 7.89. The molecule has 0 saturated carbocycles. The van der Waals surface area contributed by atoms with Crippen LogP contribution in [0.2, 0.25) is 0 Å². The number of carbonyl (C=O) groups is 2. The second-order valence-corrected chi connectivity index (χ2v) is 7.49. The molecule has 0 bridgehead atoms.